The summed E-state index contributed by atoms with van der Waals surface area (Å²) in [5.41, 5.74) is 1.03. The highest BCUT2D eigenvalue weighted by atomic mass is 32.2. The van der Waals surface area contributed by atoms with Gasteiger partial charge in [0.25, 0.3) is 0 Å². The molecule has 1 aliphatic rings. The summed E-state index contributed by atoms with van der Waals surface area (Å²) in [6.07, 6.45) is 0. The first-order valence-corrected chi connectivity index (χ1v) is 7.57. The Hall–Kier alpha value is -1.60. The summed E-state index contributed by atoms with van der Waals surface area (Å²) in [6, 6.07) is 6.89. The second-order valence-electron chi connectivity index (χ2n) is 4.16. The van der Waals surface area contributed by atoms with Crippen molar-refractivity contribution in [3.63, 3.8) is 0 Å². The van der Waals surface area contributed by atoms with Gasteiger partial charge in [0.2, 0.25) is 5.91 Å². The fourth-order valence-corrected chi connectivity index (χ4v) is 3.72. The lowest BCUT2D eigenvalue weighted by Crippen LogP contribution is -2.49. The summed E-state index contributed by atoms with van der Waals surface area (Å²) in [7, 11) is -3.66. The van der Waals surface area contributed by atoms with Gasteiger partial charge in [-0.3, -0.25) is 4.79 Å². The van der Waals surface area contributed by atoms with Gasteiger partial charge >= 0.3 is 10.2 Å². The van der Waals surface area contributed by atoms with Crippen LogP contribution in [0.1, 0.15) is 13.8 Å². The van der Waals surface area contributed by atoms with E-state index in [4.69, 9.17) is 0 Å². The van der Waals surface area contributed by atoms with Crippen molar-refractivity contribution >= 4 is 27.5 Å². The first kappa shape index (κ1) is 13.8. The minimum absolute atomic E-state index is 0.185. The number of rotatable bonds is 4. The number of fused-ring (bicyclic) bond motifs is 1. The Balaban J connectivity index is 2.48. The van der Waals surface area contributed by atoms with Crippen LogP contribution >= 0.6 is 0 Å². The lowest BCUT2D eigenvalue weighted by Gasteiger charge is -2.33. The predicted molar refractivity (Wildman–Crippen MR) is 74.3 cm³/mol. The number of amides is 1. The largest absolute Gasteiger partial charge is 0.323 e. The topological polar surface area (TPSA) is 69.7 Å². The molecule has 0 aromatic heterocycles. The molecule has 1 aromatic carbocycles. The Morgan fingerprint density at radius 1 is 1.26 bits per heavy atom. The lowest BCUT2D eigenvalue weighted by atomic mass is 10.2. The van der Waals surface area contributed by atoms with Gasteiger partial charge in [-0.2, -0.15) is 12.7 Å². The first-order chi connectivity index (χ1) is 9.00. The second-order valence-corrected chi connectivity index (χ2v) is 6.02. The highest BCUT2D eigenvalue weighted by molar-refractivity contribution is 7.90. The molecule has 0 fully saturated rings. The standard InChI is InChI=1S/C12H17N3O3S/c1-3-14(4-2)19(17,18)15-9-12(16)13-10-7-5-6-8-11(10)15/h5-8H,3-4,9H2,1-2H3,(H,13,16). The number of carbonyl (C=O) groups is 1. The molecule has 2 rings (SSSR count). The van der Waals surface area contributed by atoms with Crippen LogP contribution in [-0.4, -0.2) is 38.3 Å². The van der Waals surface area contributed by atoms with Gasteiger partial charge in [-0.25, -0.2) is 4.31 Å². The second kappa shape index (κ2) is 5.18. The molecular formula is C12H17N3O3S. The molecular weight excluding hydrogens is 266 g/mol. The van der Waals surface area contributed by atoms with Gasteiger partial charge in [-0.1, -0.05) is 26.0 Å². The van der Waals surface area contributed by atoms with Gasteiger partial charge in [0.1, 0.15) is 6.54 Å². The molecule has 1 heterocycles. The van der Waals surface area contributed by atoms with Crippen molar-refractivity contribution in [2.45, 2.75) is 13.8 Å². The Kier molecular flexibility index (Phi) is 3.77. The maximum atomic E-state index is 12.5. The summed E-state index contributed by atoms with van der Waals surface area (Å²) in [5.74, 6) is -0.325. The molecule has 0 unspecified atom stereocenters. The molecule has 1 aromatic rings. The van der Waals surface area contributed by atoms with E-state index in [-0.39, 0.29) is 12.5 Å². The van der Waals surface area contributed by atoms with Crippen molar-refractivity contribution < 1.29 is 13.2 Å². The molecule has 19 heavy (non-hydrogen) atoms. The highest BCUT2D eigenvalue weighted by Crippen LogP contribution is 2.31. The molecule has 7 heteroatoms. The van der Waals surface area contributed by atoms with Crippen LogP contribution in [0, 0.1) is 0 Å². The maximum absolute atomic E-state index is 12.5. The SMILES string of the molecule is CCN(CC)S(=O)(=O)N1CC(=O)Nc2ccccc21. The maximum Gasteiger partial charge on any atom is 0.304 e. The molecule has 0 spiro atoms. The number of nitrogens with one attached hydrogen (secondary N) is 1. The monoisotopic (exact) mass is 283 g/mol. The number of nitrogens with zero attached hydrogens (tertiary/aromatic N) is 2. The van der Waals surface area contributed by atoms with E-state index >= 15 is 0 Å². The molecule has 1 amide bonds. The normalized spacial score (nSPS) is 15.3. The van der Waals surface area contributed by atoms with Crippen molar-refractivity contribution in [3.05, 3.63) is 24.3 Å². The predicted octanol–water partition coefficient (Wildman–Crippen LogP) is 1.03. The molecule has 1 aliphatic heterocycles. The number of hydrogen-bond acceptors (Lipinski definition) is 3. The van der Waals surface area contributed by atoms with Crippen molar-refractivity contribution in [2.75, 3.05) is 29.3 Å². The van der Waals surface area contributed by atoms with E-state index in [1.54, 1.807) is 38.1 Å². The van der Waals surface area contributed by atoms with Crippen LogP contribution in [0.5, 0.6) is 0 Å². The molecule has 0 radical (unpaired) electrons. The molecule has 0 saturated heterocycles. The van der Waals surface area contributed by atoms with Gasteiger partial charge in [-0.05, 0) is 12.1 Å². The summed E-state index contributed by atoms with van der Waals surface area (Å²) in [5, 5.41) is 2.67. The van der Waals surface area contributed by atoms with Crippen molar-refractivity contribution in [1.82, 2.24) is 4.31 Å². The van der Waals surface area contributed by atoms with Crippen LogP contribution < -0.4 is 9.62 Å². The molecule has 0 bridgehead atoms. The number of para-hydroxylation sites is 2. The van der Waals surface area contributed by atoms with Crippen LogP contribution in [0.3, 0.4) is 0 Å². The third-order valence-corrected chi connectivity index (χ3v) is 5.10. The van der Waals surface area contributed by atoms with Crippen molar-refractivity contribution in [1.29, 1.82) is 0 Å². The van der Waals surface area contributed by atoms with Crippen LogP contribution in [0.25, 0.3) is 0 Å². The molecule has 0 aliphatic carbocycles. The van der Waals surface area contributed by atoms with E-state index in [2.05, 4.69) is 5.32 Å². The van der Waals surface area contributed by atoms with Crippen LogP contribution in [0.4, 0.5) is 11.4 Å². The zero-order chi connectivity index (χ0) is 14.0. The Morgan fingerprint density at radius 3 is 2.53 bits per heavy atom. The minimum Gasteiger partial charge on any atom is -0.323 e. The molecule has 0 saturated carbocycles. The summed E-state index contributed by atoms with van der Waals surface area (Å²) in [6.45, 7) is 4.11. The number of hydrogen-bond donors (Lipinski definition) is 1. The van der Waals surface area contributed by atoms with Gasteiger partial charge in [0.05, 0.1) is 11.4 Å². The zero-order valence-corrected chi connectivity index (χ0v) is 11.8. The number of anilines is 2. The quantitative estimate of drug-likeness (QED) is 0.897. The van der Waals surface area contributed by atoms with Crippen LogP contribution in [-0.2, 0) is 15.0 Å². The average Bonchev–Trinajstić information content (AvgIpc) is 2.38. The molecule has 1 N–H and O–H groups in total. The summed E-state index contributed by atoms with van der Waals surface area (Å²) in [4.78, 5) is 11.6. The van der Waals surface area contributed by atoms with E-state index in [1.165, 1.54) is 4.31 Å². The Labute approximate surface area is 113 Å². The zero-order valence-electron chi connectivity index (χ0n) is 11.0. The average molecular weight is 283 g/mol. The minimum atomic E-state index is -3.66. The molecule has 104 valence electrons. The number of benzene rings is 1. The third-order valence-electron chi connectivity index (χ3n) is 3.04. The fourth-order valence-electron chi connectivity index (χ4n) is 2.10. The van der Waals surface area contributed by atoms with E-state index < -0.39 is 10.2 Å². The van der Waals surface area contributed by atoms with E-state index in [9.17, 15) is 13.2 Å². The molecule has 6 nitrogen and oxygen atoms in total. The van der Waals surface area contributed by atoms with E-state index in [0.29, 0.717) is 24.5 Å². The first-order valence-electron chi connectivity index (χ1n) is 6.17. The lowest BCUT2D eigenvalue weighted by molar-refractivity contribution is -0.115. The Bertz CT molecular complexity index is 582. The Morgan fingerprint density at radius 2 is 1.89 bits per heavy atom. The third kappa shape index (κ3) is 2.43. The number of carbonyl (C=O) groups excluding carboxylic acids is 1. The van der Waals surface area contributed by atoms with Gasteiger partial charge in [0, 0.05) is 13.1 Å². The van der Waals surface area contributed by atoms with Gasteiger partial charge in [-0.15, -0.1) is 0 Å². The van der Waals surface area contributed by atoms with Crippen LogP contribution in [0.15, 0.2) is 24.3 Å². The van der Waals surface area contributed by atoms with E-state index in [0.717, 1.165) is 4.31 Å². The summed E-state index contributed by atoms with van der Waals surface area (Å²) < 4.78 is 27.6. The van der Waals surface area contributed by atoms with Gasteiger partial charge in [0.15, 0.2) is 0 Å². The van der Waals surface area contributed by atoms with Crippen molar-refractivity contribution in [3.8, 4) is 0 Å². The highest BCUT2D eigenvalue weighted by Gasteiger charge is 2.34. The molecule has 0 atom stereocenters. The van der Waals surface area contributed by atoms with E-state index in [1.807, 2.05) is 0 Å². The smallest absolute Gasteiger partial charge is 0.304 e. The van der Waals surface area contributed by atoms with Gasteiger partial charge < -0.3 is 5.32 Å². The van der Waals surface area contributed by atoms with Crippen molar-refractivity contribution in [2.24, 2.45) is 0 Å². The van der Waals surface area contributed by atoms with Crippen LogP contribution in [0.2, 0.25) is 0 Å². The fraction of sp³-hybridized carbons (Fsp3) is 0.417. The summed E-state index contributed by atoms with van der Waals surface area (Å²) >= 11 is 0.